The maximum absolute atomic E-state index is 13.9. The Bertz CT molecular complexity index is 1120. The smallest absolute Gasteiger partial charge is 0.257 e. The largest absolute Gasteiger partial charge is 0.489 e. The predicted octanol–water partition coefficient (Wildman–Crippen LogP) is 3.85. The van der Waals surface area contributed by atoms with Crippen LogP contribution in [0.5, 0.6) is 5.75 Å². The number of rotatable bonds is 0. The lowest BCUT2D eigenvalue weighted by Gasteiger charge is -2.22. The number of hydrogen-bond acceptors (Lipinski definition) is 5. The number of carbonyl (C=O) groups excluding carboxylic acids is 1. The molecular formula is C22H26FN5O2. The minimum Gasteiger partial charge on any atom is -0.489 e. The van der Waals surface area contributed by atoms with Crippen molar-refractivity contribution in [3.05, 3.63) is 53.1 Å². The van der Waals surface area contributed by atoms with Crippen LogP contribution in [-0.2, 0) is 5.41 Å². The van der Waals surface area contributed by atoms with E-state index in [1.54, 1.807) is 22.8 Å². The zero-order valence-electron chi connectivity index (χ0n) is 17.8. The van der Waals surface area contributed by atoms with Crippen molar-refractivity contribution in [1.82, 2.24) is 19.9 Å². The van der Waals surface area contributed by atoms with E-state index in [4.69, 9.17) is 4.74 Å². The van der Waals surface area contributed by atoms with Crippen LogP contribution in [0.25, 0.3) is 5.65 Å². The summed E-state index contributed by atoms with van der Waals surface area (Å²) in [6.45, 7) is 10.1. The lowest BCUT2D eigenvalue weighted by Crippen LogP contribution is -2.35. The van der Waals surface area contributed by atoms with E-state index in [1.165, 1.54) is 12.1 Å². The standard InChI is InChI=1S/C22H26FN5O2/c1-12-11-24-21(29)18-19(22(3,4)5)27-28-9-8-17(26-20(18)28)25-13(2)15-10-14(23)6-7-16(15)30-12/h6-10,12-13H,11H2,1-5H3,(H,24,29)(H,25,26)/t12-,13+/m0/s1. The lowest BCUT2D eigenvalue weighted by atomic mass is 9.89. The molecule has 4 rings (SSSR count). The Kier molecular flexibility index (Phi) is 4.88. The third-order valence-corrected chi connectivity index (χ3v) is 5.10. The number of benzene rings is 1. The number of fused-ring (bicyclic) bond motifs is 2. The summed E-state index contributed by atoms with van der Waals surface area (Å²) in [6, 6.07) is 5.96. The van der Waals surface area contributed by atoms with Crippen molar-refractivity contribution in [2.75, 3.05) is 11.9 Å². The van der Waals surface area contributed by atoms with Crippen LogP contribution in [0.3, 0.4) is 0 Å². The summed E-state index contributed by atoms with van der Waals surface area (Å²) >= 11 is 0. The summed E-state index contributed by atoms with van der Waals surface area (Å²) in [5, 5.41) is 10.9. The van der Waals surface area contributed by atoms with Gasteiger partial charge in [0.1, 0.15) is 29.1 Å². The maximum atomic E-state index is 13.9. The minimum atomic E-state index is -0.342. The second-order valence-corrected chi connectivity index (χ2v) is 8.74. The number of hydrogen-bond donors (Lipinski definition) is 2. The summed E-state index contributed by atoms with van der Waals surface area (Å²) < 4.78 is 21.6. The first kappa shape index (κ1) is 20.1. The molecule has 1 aromatic carbocycles. The van der Waals surface area contributed by atoms with Gasteiger partial charge in [-0.3, -0.25) is 4.79 Å². The topological polar surface area (TPSA) is 80.6 Å². The molecule has 1 aliphatic heterocycles. The summed E-state index contributed by atoms with van der Waals surface area (Å²) in [5.41, 5.74) is 1.94. The van der Waals surface area contributed by atoms with Crippen molar-refractivity contribution in [1.29, 1.82) is 0 Å². The van der Waals surface area contributed by atoms with Crippen LogP contribution in [-0.4, -0.2) is 33.2 Å². The molecule has 0 fully saturated rings. The van der Waals surface area contributed by atoms with Crippen LogP contribution in [0.4, 0.5) is 10.2 Å². The first-order chi connectivity index (χ1) is 14.1. The molecule has 0 saturated heterocycles. The van der Waals surface area contributed by atoms with Crippen LogP contribution in [0.1, 0.15) is 62.3 Å². The normalized spacial score (nSPS) is 19.7. The van der Waals surface area contributed by atoms with E-state index in [1.807, 2.05) is 34.6 Å². The molecule has 0 unspecified atom stereocenters. The summed E-state index contributed by atoms with van der Waals surface area (Å²) in [7, 11) is 0. The lowest BCUT2D eigenvalue weighted by molar-refractivity contribution is 0.0931. The van der Waals surface area contributed by atoms with Gasteiger partial charge in [0.15, 0.2) is 5.65 Å². The molecule has 0 spiro atoms. The van der Waals surface area contributed by atoms with Crippen molar-refractivity contribution < 1.29 is 13.9 Å². The van der Waals surface area contributed by atoms with Gasteiger partial charge in [-0.2, -0.15) is 5.10 Å². The van der Waals surface area contributed by atoms with Gasteiger partial charge in [0, 0.05) is 17.2 Å². The number of anilines is 1. The minimum absolute atomic E-state index is 0.248. The number of nitrogens with one attached hydrogen (secondary N) is 2. The molecule has 3 heterocycles. The Labute approximate surface area is 174 Å². The van der Waals surface area contributed by atoms with Gasteiger partial charge in [0.2, 0.25) is 0 Å². The van der Waals surface area contributed by atoms with Crippen molar-refractivity contribution in [3.8, 4) is 5.75 Å². The van der Waals surface area contributed by atoms with Gasteiger partial charge in [0.05, 0.1) is 18.3 Å². The Morgan fingerprint density at radius 1 is 1.23 bits per heavy atom. The van der Waals surface area contributed by atoms with Gasteiger partial charge in [-0.25, -0.2) is 13.9 Å². The molecule has 1 aliphatic rings. The van der Waals surface area contributed by atoms with Crippen LogP contribution in [0.15, 0.2) is 30.5 Å². The average molecular weight is 411 g/mol. The van der Waals surface area contributed by atoms with E-state index in [-0.39, 0.29) is 35.8 Å². The fraction of sp³-hybridized carbons (Fsp3) is 0.409. The number of carbonyl (C=O) groups is 1. The van der Waals surface area contributed by atoms with Crippen molar-refractivity contribution in [2.24, 2.45) is 0 Å². The van der Waals surface area contributed by atoms with Crippen molar-refractivity contribution >= 4 is 17.4 Å². The van der Waals surface area contributed by atoms with Crippen LogP contribution >= 0.6 is 0 Å². The van der Waals surface area contributed by atoms with E-state index in [0.29, 0.717) is 34.0 Å². The highest BCUT2D eigenvalue weighted by Crippen LogP contribution is 2.31. The molecule has 0 saturated carbocycles. The first-order valence-electron chi connectivity index (χ1n) is 10.0. The third-order valence-electron chi connectivity index (χ3n) is 5.10. The molecule has 2 atom stereocenters. The molecule has 7 nitrogen and oxygen atoms in total. The summed E-state index contributed by atoms with van der Waals surface area (Å²) in [4.78, 5) is 17.8. The van der Waals surface area contributed by atoms with Gasteiger partial charge < -0.3 is 15.4 Å². The fourth-order valence-electron chi connectivity index (χ4n) is 3.59. The van der Waals surface area contributed by atoms with Crippen LogP contribution in [0, 0.1) is 5.82 Å². The number of nitrogens with zero attached hydrogens (tertiary/aromatic N) is 3. The summed E-state index contributed by atoms with van der Waals surface area (Å²) in [6.07, 6.45) is 1.46. The van der Waals surface area contributed by atoms with E-state index in [9.17, 15) is 9.18 Å². The highest BCUT2D eigenvalue weighted by Gasteiger charge is 2.30. The van der Waals surface area contributed by atoms with Gasteiger partial charge in [0.25, 0.3) is 5.91 Å². The number of halogens is 1. The Hall–Kier alpha value is -3.16. The number of aromatic nitrogens is 3. The SMILES string of the molecule is C[C@H]1CNC(=O)c2c(C(C)(C)C)nn3ccc(nc23)N[C@H](C)c2cc(F)ccc2O1. The molecule has 30 heavy (non-hydrogen) atoms. The van der Waals surface area contributed by atoms with E-state index >= 15 is 0 Å². The molecular weight excluding hydrogens is 385 g/mol. The fourth-order valence-corrected chi connectivity index (χ4v) is 3.59. The van der Waals surface area contributed by atoms with Crippen molar-refractivity contribution in [3.63, 3.8) is 0 Å². The summed E-state index contributed by atoms with van der Waals surface area (Å²) in [5.74, 6) is 0.540. The molecule has 1 amide bonds. The van der Waals surface area contributed by atoms with E-state index < -0.39 is 0 Å². The van der Waals surface area contributed by atoms with Gasteiger partial charge in [-0.05, 0) is 38.1 Å². The first-order valence-corrected chi connectivity index (χ1v) is 10.0. The highest BCUT2D eigenvalue weighted by molar-refractivity contribution is 6.01. The van der Waals surface area contributed by atoms with Crippen LogP contribution < -0.4 is 15.4 Å². The quantitative estimate of drug-likeness (QED) is 0.587. The molecule has 2 N–H and O–H groups in total. The molecule has 2 aromatic heterocycles. The monoisotopic (exact) mass is 411 g/mol. The van der Waals surface area contributed by atoms with E-state index in [2.05, 4.69) is 20.7 Å². The Morgan fingerprint density at radius 3 is 2.73 bits per heavy atom. The highest BCUT2D eigenvalue weighted by atomic mass is 19.1. The Balaban J connectivity index is 1.87. The molecule has 2 bridgehead atoms. The maximum Gasteiger partial charge on any atom is 0.257 e. The number of ether oxygens (including phenoxy) is 1. The molecule has 3 aromatic rings. The Morgan fingerprint density at radius 2 is 2.00 bits per heavy atom. The number of amides is 1. The molecule has 0 aliphatic carbocycles. The van der Waals surface area contributed by atoms with Gasteiger partial charge in [-0.1, -0.05) is 20.8 Å². The average Bonchev–Trinajstić information content (AvgIpc) is 3.06. The van der Waals surface area contributed by atoms with Gasteiger partial charge >= 0.3 is 0 Å². The second-order valence-electron chi connectivity index (χ2n) is 8.74. The zero-order chi connectivity index (χ0) is 21.6. The van der Waals surface area contributed by atoms with Gasteiger partial charge in [-0.15, -0.1) is 0 Å². The molecule has 8 heteroatoms. The predicted molar refractivity (Wildman–Crippen MR) is 113 cm³/mol. The van der Waals surface area contributed by atoms with Crippen molar-refractivity contribution in [2.45, 2.75) is 52.2 Å². The third kappa shape index (κ3) is 3.69. The molecule has 158 valence electrons. The van der Waals surface area contributed by atoms with E-state index in [0.717, 1.165) is 0 Å². The zero-order valence-corrected chi connectivity index (χ0v) is 17.8. The molecule has 0 radical (unpaired) electrons. The second kappa shape index (κ2) is 7.27. The van der Waals surface area contributed by atoms with Crippen LogP contribution in [0.2, 0.25) is 0 Å².